The van der Waals surface area contributed by atoms with Gasteiger partial charge in [-0.15, -0.1) is 6.58 Å². The molecule has 0 bridgehead atoms. The topological polar surface area (TPSA) is 32.7 Å². The second kappa shape index (κ2) is 5.14. The number of amides is 1. The highest BCUT2D eigenvalue weighted by atomic mass is 32.2. The molecular weight excluding hydrogens is 239 g/mol. The molecule has 3 nitrogen and oxygen atoms in total. The van der Waals surface area contributed by atoms with Crippen LogP contribution in [0.1, 0.15) is 0 Å². The third kappa shape index (κ3) is 2.74. The van der Waals surface area contributed by atoms with Crippen molar-refractivity contribution in [2.45, 2.75) is 0 Å². The summed E-state index contributed by atoms with van der Waals surface area (Å²) in [6, 6.07) is 5.85. The number of aliphatic imine (C=N–C) groups is 1. The first-order valence-corrected chi connectivity index (χ1v) is 6.07. The SMILES string of the molecule is C=CCN1C(=O)CSC1=Nc1ccc(F)cc1. The molecule has 2 rings (SSSR count). The third-order valence-corrected chi connectivity index (χ3v) is 3.18. The van der Waals surface area contributed by atoms with Gasteiger partial charge in [-0.05, 0) is 24.3 Å². The van der Waals surface area contributed by atoms with Crippen LogP contribution in [0, 0.1) is 5.82 Å². The van der Waals surface area contributed by atoms with Crippen molar-refractivity contribution >= 4 is 28.5 Å². The number of rotatable bonds is 3. The average molecular weight is 250 g/mol. The molecular formula is C12H11FN2OS. The predicted octanol–water partition coefficient (Wildman–Crippen LogP) is 2.57. The molecule has 17 heavy (non-hydrogen) atoms. The summed E-state index contributed by atoms with van der Waals surface area (Å²) in [5.41, 5.74) is 0.637. The first-order chi connectivity index (χ1) is 8.20. The standard InChI is InChI=1S/C12H11FN2OS/c1-2-7-15-11(16)8-17-12(15)14-10-5-3-9(13)4-6-10/h2-6H,1,7-8H2. The Morgan fingerprint density at radius 1 is 1.47 bits per heavy atom. The monoisotopic (exact) mass is 250 g/mol. The molecule has 1 aromatic carbocycles. The van der Waals surface area contributed by atoms with E-state index < -0.39 is 0 Å². The van der Waals surface area contributed by atoms with Gasteiger partial charge in [0.05, 0.1) is 11.4 Å². The van der Waals surface area contributed by atoms with Crippen LogP contribution in [0.2, 0.25) is 0 Å². The van der Waals surface area contributed by atoms with E-state index in [9.17, 15) is 9.18 Å². The van der Waals surface area contributed by atoms with E-state index in [1.54, 1.807) is 23.1 Å². The summed E-state index contributed by atoms with van der Waals surface area (Å²) in [5.74, 6) is 0.122. The molecule has 1 aromatic rings. The number of nitrogens with zero attached hydrogens (tertiary/aromatic N) is 2. The van der Waals surface area contributed by atoms with Crippen LogP contribution in [0.4, 0.5) is 10.1 Å². The summed E-state index contributed by atoms with van der Waals surface area (Å²) < 4.78 is 12.7. The Kier molecular flexibility index (Phi) is 3.58. The van der Waals surface area contributed by atoms with Gasteiger partial charge < -0.3 is 0 Å². The minimum absolute atomic E-state index is 0.0239. The maximum absolute atomic E-state index is 12.7. The van der Waals surface area contributed by atoms with E-state index in [1.807, 2.05) is 0 Å². The number of halogens is 1. The maximum atomic E-state index is 12.7. The van der Waals surface area contributed by atoms with Gasteiger partial charge in [-0.3, -0.25) is 9.69 Å². The molecule has 1 heterocycles. The zero-order valence-corrected chi connectivity index (χ0v) is 9.91. The fraction of sp³-hybridized carbons (Fsp3) is 0.167. The molecule has 1 fully saturated rings. The molecule has 0 atom stereocenters. The van der Waals surface area contributed by atoms with E-state index in [-0.39, 0.29) is 11.7 Å². The van der Waals surface area contributed by atoms with Crippen LogP contribution in [0.3, 0.4) is 0 Å². The highest BCUT2D eigenvalue weighted by Crippen LogP contribution is 2.23. The molecule has 1 amide bonds. The Bertz CT molecular complexity index is 470. The Labute approximate surface area is 103 Å². The molecule has 0 spiro atoms. The van der Waals surface area contributed by atoms with Crippen LogP contribution >= 0.6 is 11.8 Å². The first kappa shape index (κ1) is 11.9. The summed E-state index contributed by atoms with van der Waals surface area (Å²) >= 11 is 1.38. The van der Waals surface area contributed by atoms with Crippen LogP contribution in [-0.2, 0) is 4.79 Å². The van der Waals surface area contributed by atoms with E-state index in [0.29, 0.717) is 23.2 Å². The summed E-state index contributed by atoms with van der Waals surface area (Å²) in [7, 11) is 0. The molecule has 1 saturated heterocycles. The zero-order chi connectivity index (χ0) is 12.3. The number of carbonyl (C=O) groups excluding carboxylic acids is 1. The van der Waals surface area contributed by atoms with Gasteiger partial charge >= 0.3 is 0 Å². The second-order valence-electron chi connectivity index (χ2n) is 3.45. The number of thioether (sulfide) groups is 1. The van der Waals surface area contributed by atoms with Crippen molar-refractivity contribution in [2.75, 3.05) is 12.3 Å². The number of benzene rings is 1. The van der Waals surface area contributed by atoms with Crippen LogP contribution in [0.25, 0.3) is 0 Å². The second-order valence-corrected chi connectivity index (χ2v) is 4.39. The lowest BCUT2D eigenvalue weighted by Crippen LogP contribution is -2.29. The van der Waals surface area contributed by atoms with Gasteiger partial charge in [-0.25, -0.2) is 9.38 Å². The van der Waals surface area contributed by atoms with Crippen LogP contribution in [0.5, 0.6) is 0 Å². The molecule has 0 radical (unpaired) electrons. The first-order valence-electron chi connectivity index (χ1n) is 5.09. The van der Waals surface area contributed by atoms with E-state index in [0.717, 1.165) is 0 Å². The van der Waals surface area contributed by atoms with Crippen molar-refractivity contribution in [3.05, 3.63) is 42.7 Å². The van der Waals surface area contributed by atoms with Crippen LogP contribution in [0.15, 0.2) is 41.9 Å². The Hall–Kier alpha value is -1.62. The minimum Gasteiger partial charge on any atom is -0.287 e. The molecule has 1 aliphatic rings. The van der Waals surface area contributed by atoms with Crippen molar-refractivity contribution in [1.82, 2.24) is 4.90 Å². The van der Waals surface area contributed by atoms with Crippen molar-refractivity contribution in [1.29, 1.82) is 0 Å². The zero-order valence-electron chi connectivity index (χ0n) is 9.10. The molecule has 0 saturated carbocycles. The molecule has 0 N–H and O–H groups in total. The number of carbonyl (C=O) groups is 1. The van der Waals surface area contributed by atoms with Gasteiger partial charge in [0.15, 0.2) is 5.17 Å². The van der Waals surface area contributed by atoms with Gasteiger partial charge in [0.1, 0.15) is 5.82 Å². The van der Waals surface area contributed by atoms with Gasteiger partial charge in [0, 0.05) is 6.54 Å². The van der Waals surface area contributed by atoms with Crippen LogP contribution in [-0.4, -0.2) is 28.3 Å². The van der Waals surface area contributed by atoms with Crippen molar-refractivity contribution in [3.63, 3.8) is 0 Å². The quantitative estimate of drug-likeness (QED) is 0.772. The summed E-state index contributed by atoms with van der Waals surface area (Å²) in [5, 5.41) is 0.640. The normalized spacial score (nSPS) is 17.8. The average Bonchev–Trinajstić information content (AvgIpc) is 2.65. The van der Waals surface area contributed by atoms with E-state index in [2.05, 4.69) is 11.6 Å². The largest absolute Gasteiger partial charge is 0.287 e. The molecule has 0 aliphatic carbocycles. The number of amidine groups is 1. The van der Waals surface area contributed by atoms with E-state index in [1.165, 1.54) is 23.9 Å². The number of hydrogen-bond acceptors (Lipinski definition) is 3. The smallest absolute Gasteiger partial charge is 0.239 e. The van der Waals surface area contributed by atoms with Crippen molar-refractivity contribution in [2.24, 2.45) is 4.99 Å². The van der Waals surface area contributed by atoms with Gasteiger partial charge in [-0.1, -0.05) is 17.8 Å². The lowest BCUT2D eigenvalue weighted by molar-refractivity contribution is -0.123. The minimum atomic E-state index is -0.299. The fourth-order valence-electron chi connectivity index (χ4n) is 1.42. The maximum Gasteiger partial charge on any atom is 0.239 e. The Morgan fingerprint density at radius 2 is 2.18 bits per heavy atom. The summed E-state index contributed by atoms with van der Waals surface area (Å²) in [6.45, 7) is 4.05. The molecule has 88 valence electrons. The lowest BCUT2D eigenvalue weighted by atomic mass is 10.3. The predicted molar refractivity (Wildman–Crippen MR) is 67.9 cm³/mol. The lowest BCUT2D eigenvalue weighted by Gasteiger charge is -2.12. The third-order valence-electron chi connectivity index (χ3n) is 2.22. The summed E-state index contributed by atoms with van der Waals surface area (Å²) in [4.78, 5) is 17.4. The Balaban J connectivity index is 2.23. The number of hydrogen-bond donors (Lipinski definition) is 0. The van der Waals surface area contributed by atoms with E-state index in [4.69, 9.17) is 0 Å². The van der Waals surface area contributed by atoms with Gasteiger partial charge in [-0.2, -0.15) is 0 Å². The molecule has 5 heteroatoms. The van der Waals surface area contributed by atoms with E-state index >= 15 is 0 Å². The fourth-order valence-corrected chi connectivity index (χ4v) is 2.33. The summed E-state index contributed by atoms with van der Waals surface area (Å²) in [6.07, 6.45) is 1.66. The molecule has 1 aliphatic heterocycles. The van der Waals surface area contributed by atoms with Crippen molar-refractivity contribution in [3.8, 4) is 0 Å². The Morgan fingerprint density at radius 3 is 2.82 bits per heavy atom. The molecule has 0 unspecified atom stereocenters. The highest BCUT2D eigenvalue weighted by molar-refractivity contribution is 8.15. The van der Waals surface area contributed by atoms with Gasteiger partial charge in [0.25, 0.3) is 0 Å². The highest BCUT2D eigenvalue weighted by Gasteiger charge is 2.26. The molecule has 0 aromatic heterocycles. The van der Waals surface area contributed by atoms with Crippen LogP contribution < -0.4 is 0 Å². The van der Waals surface area contributed by atoms with Crippen molar-refractivity contribution < 1.29 is 9.18 Å². The van der Waals surface area contributed by atoms with Gasteiger partial charge in [0.2, 0.25) is 5.91 Å².